The van der Waals surface area contributed by atoms with Crippen LogP contribution in [0.5, 0.6) is 0 Å². The van der Waals surface area contributed by atoms with Gasteiger partial charge in [0.25, 0.3) is 0 Å². The number of hydrogen-bond donors (Lipinski definition) is 1. The smallest absolute Gasteiger partial charge is 0.0704 e. The first kappa shape index (κ1) is 12.8. The van der Waals surface area contributed by atoms with Crippen molar-refractivity contribution in [3.05, 3.63) is 53.6 Å². The van der Waals surface area contributed by atoms with Crippen LogP contribution in [0.2, 0.25) is 0 Å². The molecule has 0 bridgehead atoms. The lowest BCUT2D eigenvalue weighted by atomic mass is 9.80. The molecule has 0 heterocycles. The summed E-state index contributed by atoms with van der Waals surface area (Å²) >= 11 is 11.3. The second-order valence-corrected chi connectivity index (χ2v) is 5.73. The maximum atomic E-state index is 6.44. The summed E-state index contributed by atoms with van der Waals surface area (Å²) < 4.78 is -0.276. The summed E-state index contributed by atoms with van der Waals surface area (Å²) in [5.74, 6) is 0. The minimum atomic E-state index is -0.276. The maximum Gasteiger partial charge on any atom is 0.0704 e. The first-order valence-corrected chi connectivity index (χ1v) is 6.79. The minimum absolute atomic E-state index is 0.0604. The normalized spacial score (nSPS) is 28.6. The van der Waals surface area contributed by atoms with Crippen molar-refractivity contribution >= 4 is 29.8 Å². The van der Waals surface area contributed by atoms with Crippen molar-refractivity contribution in [3.63, 3.8) is 0 Å². The van der Waals surface area contributed by atoms with Gasteiger partial charge in [0.05, 0.1) is 10.1 Å². The zero-order valence-corrected chi connectivity index (χ0v) is 11.8. The lowest BCUT2D eigenvalue weighted by molar-refractivity contribution is 0.714. The molecule has 1 aromatic rings. The van der Waals surface area contributed by atoms with E-state index in [0.717, 1.165) is 6.42 Å². The fraction of sp³-hybridized carbons (Fsp3) is 0.333. The second-order valence-electron chi connectivity index (χ2n) is 4.46. The Hall–Kier alpha value is -0.660. The monoisotopic (exact) mass is 264 g/mol. The Balaban J connectivity index is 2.58. The largest absolute Gasteiger partial charge is 0.166 e. The number of thiol groups is 1. The van der Waals surface area contributed by atoms with E-state index in [9.17, 15) is 0 Å². The summed E-state index contributed by atoms with van der Waals surface area (Å²) in [6, 6.07) is 10.4. The predicted molar refractivity (Wildman–Crippen MR) is 79.8 cm³/mol. The summed E-state index contributed by atoms with van der Waals surface area (Å²) in [5, 5.41) is -0.0604. The van der Waals surface area contributed by atoms with E-state index in [0.29, 0.717) is 0 Å². The van der Waals surface area contributed by atoms with Crippen LogP contribution >= 0.6 is 24.2 Å². The van der Waals surface area contributed by atoms with Gasteiger partial charge in [-0.2, -0.15) is 12.6 Å². The Labute approximate surface area is 114 Å². The SMILES string of the molecule is CCC1(S)C(c2ccccc2)=C(C)C=CC1Cl. The first-order valence-electron chi connectivity index (χ1n) is 5.91. The molecule has 0 spiro atoms. The van der Waals surface area contributed by atoms with E-state index in [2.05, 4.69) is 44.2 Å². The molecule has 1 aromatic carbocycles. The second kappa shape index (κ2) is 4.91. The molecule has 0 saturated carbocycles. The fourth-order valence-electron chi connectivity index (χ4n) is 2.40. The lowest BCUT2D eigenvalue weighted by Crippen LogP contribution is -2.35. The molecule has 0 aliphatic heterocycles. The summed E-state index contributed by atoms with van der Waals surface area (Å²) in [6.07, 6.45) is 5.06. The number of allylic oxidation sites excluding steroid dienone is 3. The molecule has 17 heavy (non-hydrogen) atoms. The van der Waals surface area contributed by atoms with E-state index in [1.54, 1.807) is 0 Å². The van der Waals surface area contributed by atoms with Gasteiger partial charge in [0.1, 0.15) is 0 Å². The Morgan fingerprint density at radius 1 is 1.29 bits per heavy atom. The number of benzene rings is 1. The van der Waals surface area contributed by atoms with Gasteiger partial charge in [0, 0.05) is 0 Å². The van der Waals surface area contributed by atoms with E-state index in [1.165, 1.54) is 16.7 Å². The highest BCUT2D eigenvalue weighted by Crippen LogP contribution is 2.45. The van der Waals surface area contributed by atoms with E-state index in [4.69, 9.17) is 24.2 Å². The van der Waals surface area contributed by atoms with Crippen molar-refractivity contribution in [2.24, 2.45) is 0 Å². The van der Waals surface area contributed by atoms with Gasteiger partial charge < -0.3 is 0 Å². The Kier molecular flexibility index (Phi) is 3.70. The number of hydrogen-bond acceptors (Lipinski definition) is 1. The first-order chi connectivity index (χ1) is 8.09. The molecule has 0 nitrogen and oxygen atoms in total. The third-order valence-corrected chi connectivity index (χ3v) is 4.89. The Morgan fingerprint density at radius 2 is 1.94 bits per heavy atom. The minimum Gasteiger partial charge on any atom is -0.166 e. The summed E-state index contributed by atoms with van der Waals surface area (Å²) in [5.41, 5.74) is 3.73. The van der Waals surface area contributed by atoms with Crippen LogP contribution in [0.3, 0.4) is 0 Å². The molecular weight excluding hydrogens is 248 g/mol. The standard InChI is InChI=1S/C15H17ClS/c1-3-15(17)13(16)10-9-11(2)14(15)12-7-5-4-6-8-12/h4-10,13,17H,3H2,1-2H3. The van der Waals surface area contributed by atoms with Crippen molar-refractivity contribution in [2.45, 2.75) is 30.4 Å². The summed E-state index contributed by atoms with van der Waals surface area (Å²) in [6.45, 7) is 4.26. The van der Waals surface area contributed by atoms with Crippen LogP contribution < -0.4 is 0 Å². The third-order valence-electron chi connectivity index (χ3n) is 3.40. The average Bonchev–Trinajstić information content (AvgIpc) is 2.36. The molecule has 0 aromatic heterocycles. The van der Waals surface area contributed by atoms with Gasteiger partial charge in [-0.25, -0.2) is 0 Å². The molecule has 0 fully saturated rings. The van der Waals surface area contributed by atoms with Crippen molar-refractivity contribution < 1.29 is 0 Å². The van der Waals surface area contributed by atoms with Crippen LogP contribution in [0.25, 0.3) is 5.57 Å². The number of alkyl halides is 1. The molecule has 0 saturated heterocycles. The van der Waals surface area contributed by atoms with Crippen LogP contribution in [0.15, 0.2) is 48.1 Å². The Morgan fingerprint density at radius 3 is 2.53 bits per heavy atom. The van der Waals surface area contributed by atoms with E-state index in [-0.39, 0.29) is 10.1 Å². The van der Waals surface area contributed by atoms with Gasteiger partial charge in [-0.15, -0.1) is 11.6 Å². The molecule has 2 unspecified atom stereocenters. The van der Waals surface area contributed by atoms with Crippen LogP contribution in [0, 0.1) is 0 Å². The molecule has 0 amide bonds. The predicted octanol–water partition coefficient (Wildman–Crippen LogP) is 4.72. The zero-order valence-electron chi connectivity index (χ0n) is 10.2. The average molecular weight is 265 g/mol. The van der Waals surface area contributed by atoms with Crippen molar-refractivity contribution in [1.82, 2.24) is 0 Å². The lowest BCUT2D eigenvalue weighted by Gasteiger charge is -2.37. The van der Waals surface area contributed by atoms with Gasteiger partial charge in [-0.3, -0.25) is 0 Å². The molecule has 2 rings (SSSR count). The highest BCUT2D eigenvalue weighted by atomic mass is 35.5. The maximum absolute atomic E-state index is 6.44. The van der Waals surface area contributed by atoms with E-state index < -0.39 is 0 Å². The topological polar surface area (TPSA) is 0 Å². The van der Waals surface area contributed by atoms with Crippen molar-refractivity contribution in [1.29, 1.82) is 0 Å². The van der Waals surface area contributed by atoms with E-state index in [1.807, 2.05) is 12.1 Å². The van der Waals surface area contributed by atoms with Crippen LogP contribution in [0.4, 0.5) is 0 Å². The van der Waals surface area contributed by atoms with E-state index >= 15 is 0 Å². The Bertz CT molecular complexity index is 461. The van der Waals surface area contributed by atoms with Crippen LogP contribution in [-0.2, 0) is 0 Å². The highest BCUT2D eigenvalue weighted by Gasteiger charge is 2.38. The number of halogens is 1. The van der Waals surface area contributed by atoms with Crippen LogP contribution in [-0.4, -0.2) is 10.1 Å². The molecule has 90 valence electrons. The van der Waals surface area contributed by atoms with Gasteiger partial charge >= 0.3 is 0 Å². The molecule has 1 aliphatic rings. The molecule has 2 heteroatoms. The quantitative estimate of drug-likeness (QED) is 0.580. The molecule has 2 atom stereocenters. The number of rotatable bonds is 2. The van der Waals surface area contributed by atoms with Crippen molar-refractivity contribution in [3.8, 4) is 0 Å². The van der Waals surface area contributed by atoms with Gasteiger partial charge in [-0.05, 0) is 30.1 Å². The van der Waals surface area contributed by atoms with Crippen molar-refractivity contribution in [2.75, 3.05) is 0 Å². The fourth-order valence-corrected chi connectivity index (χ4v) is 3.13. The highest BCUT2D eigenvalue weighted by molar-refractivity contribution is 7.82. The molecular formula is C15H17ClS. The van der Waals surface area contributed by atoms with Gasteiger partial charge in [-0.1, -0.05) is 49.4 Å². The van der Waals surface area contributed by atoms with Gasteiger partial charge in [0.15, 0.2) is 0 Å². The molecule has 0 N–H and O–H groups in total. The van der Waals surface area contributed by atoms with Crippen LogP contribution in [0.1, 0.15) is 25.8 Å². The summed E-state index contributed by atoms with van der Waals surface area (Å²) in [4.78, 5) is 0. The molecule has 1 aliphatic carbocycles. The third kappa shape index (κ3) is 2.19. The summed E-state index contributed by atoms with van der Waals surface area (Å²) in [7, 11) is 0. The molecule has 0 radical (unpaired) electrons. The van der Waals surface area contributed by atoms with Gasteiger partial charge in [0.2, 0.25) is 0 Å². The zero-order chi connectivity index (χ0) is 12.5.